The van der Waals surface area contributed by atoms with Crippen LogP contribution in [0.2, 0.25) is 0 Å². The first kappa shape index (κ1) is 33.7. The molecule has 3 aliphatic rings. The van der Waals surface area contributed by atoms with Crippen LogP contribution in [0.1, 0.15) is 84.1 Å². The van der Waals surface area contributed by atoms with Crippen molar-refractivity contribution < 1.29 is 28.0 Å². The van der Waals surface area contributed by atoms with Gasteiger partial charge in [-0.25, -0.2) is 4.98 Å². The van der Waals surface area contributed by atoms with E-state index >= 15 is 0 Å². The molecule has 10 atom stereocenters. The Morgan fingerprint density at radius 3 is 2.71 bits per heavy atom. The Labute approximate surface area is 267 Å². The lowest BCUT2D eigenvalue weighted by Crippen LogP contribution is -2.44. The van der Waals surface area contributed by atoms with E-state index in [2.05, 4.69) is 93.6 Å². The second-order valence-corrected chi connectivity index (χ2v) is 14.1. The SMILES string of the molecule is C=C1C[C@H](C[C@@H]2CCO[C@H](c3coc(/C=C/C[C@H]4O[C@@H](/C(C)=C/I)[C@H](C)[C@@H](C)[C@H]4C)n3)O2)O[C@@H](CCOB(P)S)C1. The summed E-state index contributed by atoms with van der Waals surface area (Å²) in [7, 11) is 2.53. The Bertz CT molecular complexity index is 1060. The first-order valence-corrected chi connectivity index (χ1v) is 17.3. The molecule has 41 heavy (non-hydrogen) atoms. The fraction of sp³-hybridized carbons (Fsp3) is 0.700. The average Bonchev–Trinajstić information content (AvgIpc) is 3.41. The van der Waals surface area contributed by atoms with Gasteiger partial charge in [0, 0.05) is 13.0 Å². The summed E-state index contributed by atoms with van der Waals surface area (Å²) >= 11 is 6.56. The Hall–Kier alpha value is -0.195. The fourth-order valence-corrected chi connectivity index (χ4v) is 6.70. The highest BCUT2D eigenvalue weighted by molar-refractivity contribution is 14.1. The van der Waals surface area contributed by atoms with Crippen molar-refractivity contribution in [2.45, 2.75) is 103 Å². The summed E-state index contributed by atoms with van der Waals surface area (Å²) in [6, 6.07) is 0. The van der Waals surface area contributed by atoms with Crippen molar-refractivity contribution in [3.8, 4) is 0 Å². The van der Waals surface area contributed by atoms with Crippen LogP contribution in [0.4, 0.5) is 0 Å². The predicted molar refractivity (Wildman–Crippen MR) is 179 cm³/mol. The summed E-state index contributed by atoms with van der Waals surface area (Å²) in [5.41, 5.74) is 3.17. The van der Waals surface area contributed by atoms with Gasteiger partial charge in [-0.15, -0.1) is 9.12 Å². The highest BCUT2D eigenvalue weighted by Gasteiger charge is 2.39. The monoisotopic (exact) mass is 717 g/mol. The number of aromatic nitrogens is 1. The number of ether oxygens (including phenoxy) is 4. The topological polar surface area (TPSA) is 72.2 Å². The summed E-state index contributed by atoms with van der Waals surface area (Å²) in [4.78, 5) is 4.65. The maximum Gasteiger partial charge on any atom is 0.380 e. The van der Waals surface area contributed by atoms with Crippen LogP contribution in [0.5, 0.6) is 0 Å². The molecule has 3 fully saturated rings. The molecule has 0 aliphatic carbocycles. The fourth-order valence-electron chi connectivity index (χ4n) is 6.11. The lowest BCUT2D eigenvalue weighted by Gasteiger charge is -2.44. The molecular formula is C30H46BINO6PS. The smallest absolute Gasteiger partial charge is 0.380 e. The van der Waals surface area contributed by atoms with Crippen LogP contribution in [0.25, 0.3) is 6.08 Å². The number of hydrogen-bond acceptors (Lipinski definition) is 8. The molecule has 0 N–H and O–H groups in total. The quantitative estimate of drug-likeness (QED) is 0.0832. The van der Waals surface area contributed by atoms with Crippen molar-refractivity contribution in [3.63, 3.8) is 0 Å². The lowest BCUT2D eigenvalue weighted by molar-refractivity contribution is -0.227. The summed E-state index contributed by atoms with van der Waals surface area (Å²) in [6.07, 6.45) is 10.6. The van der Waals surface area contributed by atoms with Crippen molar-refractivity contribution in [1.29, 1.82) is 0 Å². The van der Waals surface area contributed by atoms with E-state index in [9.17, 15) is 0 Å². The van der Waals surface area contributed by atoms with Gasteiger partial charge in [0.1, 0.15) is 12.0 Å². The van der Waals surface area contributed by atoms with E-state index in [1.807, 2.05) is 6.08 Å². The molecule has 1 aromatic heterocycles. The number of oxazole rings is 1. The molecule has 0 aromatic carbocycles. The molecule has 0 bridgehead atoms. The number of halogens is 1. The minimum Gasteiger partial charge on any atom is -0.445 e. The van der Waals surface area contributed by atoms with Crippen molar-refractivity contribution in [2.75, 3.05) is 13.2 Å². The molecule has 11 heteroatoms. The Balaban J connectivity index is 1.28. The van der Waals surface area contributed by atoms with Crippen LogP contribution in [0.15, 0.2) is 38.6 Å². The highest BCUT2D eigenvalue weighted by atomic mass is 127. The maximum atomic E-state index is 6.55. The summed E-state index contributed by atoms with van der Waals surface area (Å²) in [6.45, 7) is 14.6. The Morgan fingerprint density at radius 1 is 1.17 bits per heavy atom. The number of nitrogens with zero attached hydrogens (tertiary/aromatic N) is 1. The first-order valence-electron chi connectivity index (χ1n) is 14.8. The van der Waals surface area contributed by atoms with Gasteiger partial charge in [-0.3, -0.25) is 0 Å². The second kappa shape index (κ2) is 16.2. The first-order chi connectivity index (χ1) is 19.6. The normalized spacial score (nSPS) is 35.2. The van der Waals surface area contributed by atoms with E-state index in [0.29, 0.717) is 42.6 Å². The van der Waals surface area contributed by atoms with Crippen LogP contribution in [-0.2, 0) is 23.6 Å². The van der Waals surface area contributed by atoms with E-state index < -0.39 is 6.29 Å². The number of thiol groups is 1. The minimum absolute atomic E-state index is 0.0217. The van der Waals surface area contributed by atoms with E-state index in [-0.39, 0.29) is 36.4 Å². The van der Waals surface area contributed by atoms with Gasteiger partial charge in [0.2, 0.25) is 12.2 Å². The maximum absolute atomic E-state index is 6.55. The molecule has 3 aliphatic heterocycles. The van der Waals surface area contributed by atoms with Crippen molar-refractivity contribution in [3.05, 3.63) is 45.7 Å². The third-order valence-corrected chi connectivity index (χ3v) is 10.1. The largest absolute Gasteiger partial charge is 0.445 e. The molecular weight excluding hydrogens is 671 g/mol. The molecule has 0 amide bonds. The Morgan fingerprint density at radius 2 is 1.95 bits per heavy atom. The average molecular weight is 717 g/mol. The zero-order valence-electron chi connectivity index (χ0n) is 24.7. The third kappa shape index (κ3) is 9.64. The molecule has 4 rings (SSSR count). The molecule has 228 valence electrons. The van der Waals surface area contributed by atoms with E-state index in [0.717, 1.165) is 38.5 Å². The zero-order chi connectivity index (χ0) is 29.5. The zero-order valence-corrected chi connectivity index (χ0v) is 29.0. The van der Waals surface area contributed by atoms with Crippen LogP contribution in [0.3, 0.4) is 0 Å². The molecule has 7 nitrogen and oxygen atoms in total. The molecule has 1 unspecified atom stereocenters. The highest BCUT2D eigenvalue weighted by Crippen LogP contribution is 2.39. The van der Waals surface area contributed by atoms with Gasteiger partial charge in [0.25, 0.3) is 0 Å². The van der Waals surface area contributed by atoms with Crippen LogP contribution < -0.4 is 0 Å². The van der Waals surface area contributed by atoms with Gasteiger partial charge in [0.15, 0.2) is 0 Å². The van der Waals surface area contributed by atoms with Gasteiger partial charge in [0.05, 0.1) is 37.1 Å². The van der Waals surface area contributed by atoms with Gasteiger partial charge in [-0.1, -0.05) is 61.6 Å². The van der Waals surface area contributed by atoms with Crippen LogP contribution >= 0.6 is 44.2 Å². The minimum atomic E-state index is -0.544. The molecule has 0 saturated carbocycles. The summed E-state index contributed by atoms with van der Waals surface area (Å²) in [5.74, 6) is 1.94. The number of rotatable bonds is 11. The van der Waals surface area contributed by atoms with Crippen LogP contribution in [0, 0.1) is 17.8 Å². The van der Waals surface area contributed by atoms with Crippen molar-refractivity contribution >= 4 is 56.2 Å². The predicted octanol–water partition coefficient (Wildman–Crippen LogP) is 7.59. The molecule has 0 spiro atoms. The van der Waals surface area contributed by atoms with Gasteiger partial charge >= 0.3 is 5.91 Å². The second-order valence-electron chi connectivity index (χ2n) is 11.8. The number of hydrogen-bond donors (Lipinski definition) is 1. The van der Waals surface area contributed by atoms with E-state index in [4.69, 9.17) is 28.0 Å². The summed E-state index contributed by atoms with van der Waals surface area (Å²) in [5, 5.41) is 0. The van der Waals surface area contributed by atoms with E-state index in [1.165, 1.54) is 11.1 Å². The molecule has 3 saturated heterocycles. The van der Waals surface area contributed by atoms with E-state index in [1.54, 1.807) is 6.26 Å². The standard InChI is InChI=1S/C30H46BINO6PS/c1-18-13-23(10-12-36-31(40)41)37-25(14-18)15-24-9-11-34-30(38-24)26-17-35-28(33-26)8-6-7-27-21(4)20(3)22(5)29(39-27)19(2)16-32/h6,8,16-17,20-25,27,29-30,41H,1,7,9-15,40H2,2-5H3/b8-6+,19-16+/t20-,21+,22+,23-,24-,25+,27+,29-,30-/m0/s1. The molecule has 4 heterocycles. The van der Waals surface area contributed by atoms with Crippen molar-refractivity contribution in [2.24, 2.45) is 17.8 Å². The third-order valence-electron chi connectivity index (χ3n) is 8.77. The van der Waals surface area contributed by atoms with Gasteiger partial charge < -0.3 is 28.0 Å². The van der Waals surface area contributed by atoms with Crippen molar-refractivity contribution in [1.82, 2.24) is 4.98 Å². The molecule has 1 aromatic rings. The molecule has 0 radical (unpaired) electrons. The van der Waals surface area contributed by atoms with Crippen LogP contribution in [-0.4, -0.2) is 54.6 Å². The lowest BCUT2D eigenvalue weighted by atomic mass is 9.74. The van der Waals surface area contributed by atoms with Gasteiger partial charge in [-0.2, -0.15) is 12.5 Å². The summed E-state index contributed by atoms with van der Waals surface area (Å²) < 4.78 is 38.6. The Kier molecular flexibility index (Phi) is 13.3. The van der Waals surface area contributed by atoms with Gasteiger partial charge in [-0.05, 0) is 72.5 Å².